The summed E-state index contributed by atoms with van der Waals surface area (Å²) < 4.78 is 10.5. The second-order valence-electron chi connectivity index (χ2n) is 10.7. The molecular weight excluding hydrogens is 460 g/mol. The van der Waals surface area contributed by atoms with Crippen LogP contribution in [0.4, 0.5) is 0 Å². The van der Waals surface area contributed by atoms with E-state index in [2.05, 4.69) is 45.2 Å². The lowest BCUT2D eigenvalue weighted by Crippen LogP contribution is -2.38. The predicted octanol–water partition coefficient (Wildman–Crippen LogP) is 8.01. The van der Waals surface area contributed by atoms with Crippen LogP contribution in [0.15, 0.2) is 83.2 Å². The summed E-state index contributed by atoms with van der Waals surface area (Å²) >= 11 is 0. The zero-order valence-corrected chi connectivity index (χ0v) is 23.8. The topological polar surface area (TPSA) is 52.6 Å². The second kappa shape index (κ2) is 13.4. The van der Waals surface area contributed by atoms with Crippen molar-refractivity contribution in [3.63, 3.8) is 0 Å². The van der Waals surface area contributed by atoms with E-state index < -0.39 is 5.41 Å². The smallest absolute Gasteiger partial charge is 0.166 e. The van der Waals surface area contributed by atoms with Crippen LogP contribution in [0.3, 0.4) is 0 Å². The van der Waals surface area contributed by atoms with Crippen LogP contribution in [-0.2, 0) is 19.7 Å². The first-order valence-corrected chi connectivity index (χ1v) is 13.1. The van der Waals surface area contributed by atoms with Gasteiger partial charge in [-0.25, -0.2) is 0 Å². The average Bonchev–Trinajstić information content (AvgIpc) is 2.88. The van der Waals surface area contributed by atoms with Gasteiger partial charge in [-0.15, -0.1) is 0 Å². The summed E-state index contributed by atoms with van der Waals surface area (Å²) in [5.41, 5.74) is 6.21. The van der Waals surface area contributed by atoms with Crippen molar-refractivity contribution >= 4 is 11.6 Å². The van der Waals surface area contributed by atoms with E-state index in [1.165, 1.54) is 24.5 Å². The molecule has 200 valence electrons. The number of methoxy groups -OCH3 is 2. The number of hydrogen-bond acceptors (Lipinski definition) is 4. The van der Waals surface area contributed by atoms with Gasteiger partial charge < -0.3 is 9.47 Å². The molecule has 0 aliphatic heterocycles. The summed E-state index contributed by atoms with van der Waals surface area (Å²) in [6, 6.07) is 8.08. The van der Waals surface area contributed by atoms with Crippen LogP contribution < -0.4 is 4.74 Å². The van der Waals surface area contributed by atoms with Gasteiger partial charge in [-0.2, -0.15) is 0 Å². The van der Waals surface area contributed by atoms with Gasteiger partial charge in [-0.05, 0) is 94.2 Å². The molecule has 2 unspecified atom stereocenters. The molecule has 1 aromatic rings. The van der Waals surface area contributed by atoms with Crippen molar-refractivity contribution in [1.82, 2.24) is 0 Å². The van der Waals surface area contributed by atoms with Crippen molar-refractivity contribution in [2.45, 2.75) is 78.6 Å². The quantitative estimate of drug-likeness (QED) is 0.133. The molecule has 0 amide bonds. The van der Waals surface area contributed by atoms with Gasteiger partial charge in [0.15, 0.2) is 11.6 Å². The second-order valence-corrected chi connectivity index (χ2v) is 10.7. The third-order valence-electron chi connectivity index (χ3n) is 7.57. The number of Topliss-reactive ketones (excluding diaryl/α,β-unsaturated/α-hetero) is 2. The molecular formula is C33H44O4. The fourth-order valence-electron chi connectivity index (χ4n) is 5.22. The normalized spacial score (nSPS) is 20.9. The Labute approximate surface area is 223 Å². The SMILES string of the molecule is C=C(C)CC1=C(C)CCC(C)(c2ccc(OC)cc2)C(CCCC(=O)C(=COC)C(=C)C)C(=O)C(C)=C1. The number of carbonyl (C=O) groups excluding carboxylic acids is 2. The van der Waals surface area contributed by atoms with Crippen molar-refractivity contribution in [3.05, 3.63) is 88.8 Å². The standard InChI is InChI=1S/C33H44O4/c1-22(2)19-26-20-25(6)32(35)30(11-10-12-31(34)29(21-36-8)23(3)4)33(7,18-17-24(26)5)27-13-15-28(37-9)16-14-27/h13-16,20-21,30H,1,3,10-12,17-19H2,2,4-9H3. The van der Waals surface area contributed by atoms with Crippen molar-refractivity contribution in [3.8, 4) is 5.75 Å². The third-order valence-corrected chi connectivity index (χ3v) is 7.57. The van der Waals surface area contributed by atoms with E-state index in [0.717, 1.165) is 41.7 Å². The summed E-state index contributed by atoms with van der Waals surface area (Å²) in [5.74, 6) is 0.662. The molecule has 0 heterocycles. The van der Waals surface area contributed by atoms with E-state index in [4.69, 9.17) is 9.47 Å². The lowest BCUT2D eigenvalue weighted by molar-refractivity contribution is -0.122. The first kappa shape index (κ1) is 30.1. The minimum atomic E-state index is -0.402. The number of hydrogen-bond donors (Lipinski definition) is 0. The highest BCUT2D eigenvalue weighted by atomic mass is 16.5. The first-order chi connectivity index (χ1) is 17.4. The molecule has 4 nitrogen and oxygen atoms in total. The summed E-state index contributed by atoms with van der Waals surface area (Å²) in [6.07, 6.45) is 7.56. The molecule has 37 heavy (non-hydrogen) atoms. The molecule has 0 saturated carbocycles. The van der Waals surface area contributed by atoms with Crippen molar-refractivity contribution in [2.24, 2.45) is 5.92 Å². The van der Waals surface area contributed by atoms with Gasteiger partial charge >= 0.3 is 0 Å². The summed E-state index contributed by atoms with van der Waals surface area (Å²) in [4.78, 5) is 26.9. The maximum absolute atomic E-state index is 14.1. The lowest BCUT2D eigenvalue weighted by Gasteiger charge is -2.38. The molecule has 1 aliphatic rings. The van der Waals surface area contributed by atoms with Gasteiger partial charge in [0.05, 0.1) is 26.1 Å². The van der Waals surface area contributed by atoms with Gasteiger partial charge in [0.2, 0.25) is 0 Å². The fraction of sp³-hybridized carbons (Fsp3) is 0.455. The van der Waals surface area contributed by atoms with Gasteiger partial charge in [0, 0.05) is 17.8 Å². The number of ketones is 2. The predicted molar refractivity (Wildman–Crippen MR) is 153 cm³/mol. The van der Waals surface area contributed by atoms with Crippen LogP contribution in [0.1, 0.15) is 78.7 Å². The minimum Gasteiger partial charge on any atom is -0.504 e. The van der Waals surface area contributed by atoms with Gasteiger partial charge in [-0.1, -0.05) is 49.4 Å². The van der Waals surface area contributed by atoms with Crippen molar-refractivity contribution in [2.75, 3.05) is 14.2 Å². The van der Waals surface area contributed by atoms with Crippen LogP contribution in [0, 0.1) is 5.92 Å². The fourth-order valence-corrected chi connectivity index (χ4v) is 5.22. The molecule has 2 rings (SSSR count). The Morgan fingerprint density at radius 2 is 1.78 bits per heavy atom. The Morgan fingerprint density at radius 3 is 2.32 bits per heavy atom. The molecule has 1 aromatic carbocycles. The van der Waals surface area contributed by atoms with E-state index in [-0.39, 0.29) is 17.5 Å². The molecule has 0 aromatic heterocycles. The average molecular weight is 505 g/mol. The zero-order chi connectivity index (χ0) is 27.8. The third kappa shape index (κ3) is 7.67. The summed E-state index contributed by atoms with van der Waals surface area (Å²) in [5, 5.41) is 0. The molecule has 1 aliphatic carbocycles. The zero-order valence-electron chi connectivity index (χ0n) is 23.8. The molecule has 2 atom stereocenters. The summed E-state index contributed by atoms with van der Waals surface area (Å²) in [7, 11) is 3.18. The largest absolute Gasteiger partial charge is 0.504 e. The Balaban J connectivity index is 2.49. The van der Waals surface area contributed by atoms with E-state index in [1.54, 1.807) is 14.0 Å². The molecule has 0 bridgehead atoms. The van der Waals surface area contributed by atoms with Crippen LogP contribution in [0.5, 0.6) is 5.75 Å². The number of ether oxygens (including phenoxy) is 2. The van der Waals surface area contributed by atoms with E-state index in [0.29, 0.717) is 30.4 Å². The Hall–Kier alpha value is -3.14. The number of rotatable bonds is 11. The molecule has 4 heteroatoms. The van der Waals surface area contributed by atoms with E-state index in [1.807, 2.05) is 26.0 Å². The molecule has 0 N–H and O–H groups in total. The Morgan fingerprint density at radius 1 is 1.14 bits per heavy atom. The number of carbonyl (C=O) groups is 2. The lowest BCUT2D eigenvalue weighted by atomic mass is 9.64. The van der Waals surface area contributed by atoms with Crippen LogP contribution in [-0.4, -0.2) is 25.8 Å². The summed E-state index contributed by atoms with van der Waals surface area (Å²) in [6.45, 7) is 18.1. The Kier molecular flexibility index (Phi) is 10.9. The first-order valence-electron chi connectivity index (χ1n) is 13.1. The van der Waals surface area contributed by atoms with E-state index in [9.17, 15) is 9.59 Å². The van der Waals surface area contributed by atoms with Crippen molar-refractivity contribution in [1.29, 1.82) is 0 Å². The van der Waals surface area contributed by atoms with Crippen LogP contribution in [0.2, 0.25) is 0 Å². The number of allylic oxidation sites excluding steroid dienone is 7. The monoisotopic (exact) mass is 504 g/mol. The highest BCUT2D eigenvalue weighted by molar-refractivity contribution is 5.99. The van der Waals surface area contributed by atoms with Gasteiger partial charge in [0.1, 0.15) is 5.75 Å². The van der Waals surface area contributed by atoms with Crippen LogP contribution >= 0.6 is 0 Å². The number of benzene rings is 1. The Bertz CT molecular complexity index is 1110. The highest BCUT2D eigenvalue weighted by Gasteiger charge is 2.41. The minimum absolute atomic E-state index is 0.00969. The molecule has 0 spiro atoms. The van der Waals surface area contributed by atoms with Crippen LogP contribution in [0.25, 0.3) is 0 Å². The maximum atomic E-state index is 14.1. The maximum Gasteiger partial charge on any atom is 0.166 e. The van der Waals surface area contributed by atoms with Gasteiger partial charge in [0.25, 0.3) is 0 Å². The highest BCUT2D eigenvalue weighted by Crippen LogP contribution is 2.44. The van der Waals surface area contributed by atoms with Gasteiger partial charge in [-0.3, -0.25) is 9.59 Å². The molecule has 0 radical (unpaired) electrons. The molecule has 0 fully saturated rings. The molecule has 0 saturated heterocycles. The van der Waals surface area contributed by atoms with E-state index >= 15 is 0 Å². The van der Waals surface area contributed by atoms with Crippen molar-refractivity contribution < 1.29 is 19.1 Å².